The molecule has 4 nitrogen and oxygen atoms in total. The number of hydrogen-bond donors (Lipinski definition) is 3. The van der Waals surface area contributed by atoms with Crippen LogP contribution in [0.2, 0.25) is 0 Å². The number of hydrogen-bond acceptors (Lipinski definition) is 2. The molecule has 0 aliphatic rings. The number of nitrogens with two attached hydrogens (primary N) is 1. The minimum Gasteiger partial charge on any atom is -0.478 e. The highest BCUT2D eigenvalue weighted by Gasteiger charge is 2.14. The van der Waals surface area contributed by atoms with Crippen LogP contribution in [0.25, 0.3) is 10.9 Å². The summed E-state index contributed by atoms with van der Waals surface area (Å²) in [5.74, 6) is -0.931. The Morgan fingerprint density at radius 3 is 2.86 bits per heavy atom. The van der Waals surface area contributed by atoms with E-state index < -0.39 is 5.97 Å². The molecule has 0 bridgehead atoms. The summed E-state index contributed by atoms with van der Waals surface area (Å²) in [4.78, 5) is 13.9. The summed E-state index contributed by atoms with van der Waals surface area (Å²) in [5, 5.41) is 9.64. The number of rotatable bonds is 1. The number of H-pyrrole nitrogens is 1. The number of carboxylic acid groups (broad SMARTS) is 1. The molecule has 1 heterocycles. The minimum absolute atomic E-state index is 0.298. The molecular weight excluding hydrogens is 180 g/mol. The van der Waals surface area contributed by atoms with Gasteiger partial charge in [0.15, 0.2) is 0 Å². The van der Waals surface area contributed by atoms with Gasteiger partial charge in [0, 0.05) is 22.3 Å². The van der Waals surface area contributed by atoms with E-state index in [0.29, 0.717) is 22.3 Å². The molecule has 0 unspecified atom stereocenters. The molecule has 2 aromatic rings. The van der Waals surface area contributed by atoms with Crippen LogP contribution in [0.15, 0.2) is 18.2 Å². The van der Waals surface area contributed by atoms with Gasteiger partial charge in [-0.1, -0.05) is 0 Å². The Bertz CT molecular complexity index is 514. The van der Waals surface area contributed by atoms with Crippen LogP contribution >= 0.6 is 0 Å². The van der Waals surface area contributed by atoms with Gasteiger partial charge in [-0.25, -0.2) is 4.79 Å². The van der Waals surface area contributed by atoms with E-state index >= 15 is 0 Å². The highest BCUT2D eigenvalue weighted by molar-refractivity contribution is 6.05. The molecule has 0 atom stereocenters. The fourth-order valence-corrected chi connectivity index (χ4v) is 1.62. The number of nitrogen functional groups attached to an aromatic ring is 1. The molecule has 4 N–H and O–H groups in total. The number of benzene rings is 1. The molecule has 0 amide bonds. The SMILES string of the molecule is Cc1[nH]c2ccc(N)cc2c1C(=O)O. The number of aromatic carboxylic acids is 1. The van der Waals surface area contributed by atoms with Gasteiger partial charge in [0.2, 0.25) is 0 Å². The van der Waals surface area contributed by atoms with E-state index in [1.165, 1.54) is 0 Å². The molecule has 72 valence electrons. The lowest BCUT2D eigenvalue weighted by molar-refractivity contribution is 0.0698. The predicted octanol–water partition coefficient (Wildman–Crippen LogP) is 1.76. The van der Waals surface area contributed by atoms with Crippen LogP contribution < -0.4 is 5.73 Å². The van der Waals surface area contributed by atoms with Crippen LogP contribution in [0.5, 0.6) is 0 Å². The first-order valence-electron chi connectivity index (χ1n) is 4.20. The van der Waals surface area contributed by atoms with Crippen molar-refractivity contribution < 1.29 is 9.90 Å². The zero-order valence-electron chi connectivity index (χ0n) is 7.66. The van der Waals surface area contributed by atoms with Gasteiger partial charge in [-0.15, -0.1) is 0 Å². The highest BCUT2D eigenvalue weighted by Crippen LogP contribution is 2.23. The monoisotopic (exact) mass is 190 g/mol. The number of carbonyl (C=O) groups is 1. The van der Waals surface area contributed by atoms with Crippen molar-refractivity contribution >= 4 is 22.6 Å². The second kappa shape index (κ2) is 2.77. The van der Waals surface area contributed by atoms with Gasteiger partial charge in [-0.3, -0.25) is 0 Å². The minimum atomic E-state index is -0.931. The third-order valence-electron chi connectivity index (χ3n) is 2.22. The van der Waals surface area contributed by atoms with Crippen LogP contribution in [-0.4, -0.2) is 16.1 Å². The van der Waals surface area contributed by atoms with E-state index in [1.807, 2.05) is 0 Å². The van der Waals surface area contributed by atoms with Crippen molar-refractivity contribution in [3.63, 3.8) is 0 Å². The number of aryl methyl sites for hydroxylation is 1. The van der Waals surface area contributed by atoms with E-state index in [0.717, 1.165) is 5.52 Å². The molecule has 1 aromatic heterocycles. The van der Waals surface area contributed by atoms with Crippen LogP contribution in [0, 0.1) is 6.92 Å². The fourth-order valence-electron chi connectivity index (χ4n) is 1.62. The summed E-state index contributed by atoms with van der Waals surface area (Å²) in [6, 6.07) is 5.19. The molecule has 0 saturated carbocycles. The van der Waals surface area contributed by atoms with Gasteiger partial charge < -0.3 is 15.8 Å². The number of aromatic nitrogens is 1. The van der Waals surface area contributed by atoms with E-state index in [-0.39, 0.29) is 0 Å². The summed E-state index contributed by atoms with van der Waals surface area (Å²) >= 11 is 0. The summed E-state index contributed by atoms with van der Waals surface area (Å²) < 4.78 is 0. The molecule has 0 aliphatic heterocycles. The molecular formula is C10H10N2O2. The zero-order chi connectivity index (χ0) is 10.3. The summed E-state index contributed by atoms with van der Waals surface area (Å²) in [6.07, 6.45) is 0. The van der Waals surface area contributed by atoms with E-state index in [4.69, 9.17) is 10.8 Å². The van der Waals surface area contributed by atoms with Gasteiger partial charge >= 0.3 is 5.97 Å². The van der Waals surface area contributed by atoms with Crippen LogP contribution in [0.3, 0.4) is 0 Å². The van der Waals surface area contributed by atoms with Crippen molar-refractivity contribution in [1.82, 2.24) is 4.98 Å². The molecule has 0 saturated heterocycles. The topological polar surface area (TPSA) is 79.1 Å². The molecule has 4 heteroatoms. The zero-order valence-corrected chi connectivity index (χ0v) is 7.66. The number of carboxylic acids is 1. The number of fused-ring (bicyclic) bond motifs is 1. The highest BCUT2D eigenvalue weighted by atomic mass is 16.4. The third kappa shape index (κ3) is 1.12. The molecule has 1 aromatic carbocycles. The van der Waals surface area contributed by atoms with E-state index in [9.17, 15) is 4.79 Å². The second-order valence-corrected chi connectivity index (χ2v) is 3.24. The number of anilines is 1. The maximum absolute atomic E-state index is 10.9. The Morgan fingerprint density at radius 2 is 2.21 bits per heavy atom. The fraction of sp³-hybridized carbons (Fsp3) is 0.100. The van der Waals surface area contributed by atoms with Crippen molar-refractivity contribution in [2.45, 2.75) is 6.92 Å². The van der Waals surface area contributed by atoms with Gasteiger partial charge in [-0.2, -0.15) is 0 Å². The molecule has 14 heavy (non-hydrogen) atoms. The van der Waals surface area contributed by atoms with Crippen molar-refractivity contribution in [3.8, 4) is 0 Å². The number of aromatic amines is 1. The maximum Gasteiger partial charge on any atom is 0.338 e. The molecule has 0 spiro atoms. The Balaban J connectivity index is 2.86. The first-order chi connectivity index (χ1) is 6.59. The molecule has 0 fully saturated rings. The quantitative estimate of drug-likeness (QED) is 0.599. The maximum atomic E-state index is 10.9. The van der Waals surface area contributed by atoms with Crippen molar-refractivity contribution in [1.29, 1.82) is 0 Å². The van der Waals surface area contributed by atoms with Gasteiger partial charge in [0.1, 0.15) is 0 Å². The number of nitrogens with one attached hydrogen (secondary N) is 1. The van der Waals surface area contributed by atoms with Crippen molar-refractivity contribution in [2.75, 3.05) is 5.73 Å². The Morgan fingerprint density at radius 1 is 1.50 bits per heavy atom. The van der Waals surface area contributed by atoms with E-state index in [1.54, 1.807) is 25.1 Å². The average molecular weight is 190 g/mol. The standard InChI is InChI=1S/C10H10N2O2/c1-5-9(10(13)14)7-4-6(11)2-3-8(7)12-5/h2-4,12H,11H2,1H3,(H,13,14). The van der Waals surface area contributed by atoms with E-state index in [2.05, 4.69) is 4.98 Å². The van der Waals surface area contributed by atoms with Crippen LogP contribution in [-0.2, 0) is 0 Å². The first kappa shape index (κ1) is 8.62. The van der Waals surface area contributed by atoms with Crippen molar-refractivity contribution in [3.05, 3.63) is 29.5 Å². The lowest BCUT2D eigenvalue weighted by atomic mass is 10.1. The lowest BCUT2D eigenvalue weighted by Crippen LogP contribution is -1.97. The van der Waals surface area contributed by atoms with Crippen molar-refractivity contribution in [2.24, 2.45) is 0 Å². The first-order valence-corrected chi connectivity index (χ1v) is 4.20. The van der Waals surface area contributed by atoms with Crippen LogP contribution in [0.1, 0.15) is 16.1 Å². The second-order valence-electron chi connectivity index (χ2n) is 3.24. The molecule has 0 aliphatic carbocycles. The van der Waals surface area contributed by atoms with Gasteiger partial charge in [0.05, 0.1) is 5.56 Å². The Kier molecular flexibility index (Phi) is 1.70. The molecule has 2 rings (SSSR count). The van der Waals surface area contributed by atoms with Gasteiger partial charge in [0.25, 0.3) is 0 Å². The average Bonchev–Trinajstić information content (AvgIpc) is 2.40. The lowest BCUT2D eigenvalue weighted by Gasteiger charge is -1.95. The third-order valence-corrected chi connectivity index (χ3v) is 2.22. The largest absolute Gasteiger partial charge is 0.478 e. The smallest absolute Gasteiger partial charge is 0.338 e. The predicted molar refractivity (Wildman–Crippen MR) is 54.4 cm³/mol. The van der Waals surface area contributed by atoms with Crippen LogP contribution in [0.4, 0.5) is 5.69 Å². The molecule has 0 radical (unpaired) electrons. The normalized spacial score (nSPS) is 10.6. The Hall–Kier alpha value is -1.97. The summed E-state index contributed by atoms with van der Waals surface area (Å²) in [6.45, 7) is 1.74. The summed E-state index contributed by atoms with van der Waals surface area (Å²) in [7, 11) is 0. The Labute approximate surface area is 80.3 Å². The van der Waals surface area contributed by atoms with Gasteiger partial charge in [-0.05, 0) is 25.1 Å². The summed E-state index contributed by atoms with van der Waals surface area (Å²) in [5.41, 5.74) is 7.91.